The van der Waals surface area contributed by atoms with E-state index in [0.717, 1.165) is 17.5 Å². The molecule has 1 atom stereocenters. The van der Waals surface area contributed by atoms with Gasteiger partial charge in [0.1, 0.15) is 5.15 Å². The van der Waals surface area contributed by atoms with E-state index in [-0.39, 0.29) is 34.3 Å². The van der Waals surface area contributed by atoms with E-state index in [1.165, 1.54) is 12.3 Å². The van der Waals surface area contributed by atoms with Crippen molar-refractivity contribution in [1.29, 1.82) is 0 Å². The van der Waals surface area contributed by atoms with E-state index in [2.05, 4.69) is 10.3 Å². The van der Waals surface area contributed by atoms with Crippen molar-refractivity contribution in [2.75, 3.05) is 6.61 Å². The molecule has 0 aliphatic rings. The van der Waals surface area contributed by atoms with Gasteiger partial charge in [-0.1, -0.05) is 60.0 Å². The Kier molecular flexibility index (Phi) is 6.79. The number of benzene rings is 1. The van der Waals surface area contributed by atoms with Crippen molar-refractivity contribution < 1.29 is 14.3 Å². The van der Waals surface area contributed by atoms with Crippen molar-refractivity contribution in [3.8, 4) is 0 Å². The van der Waals surface area contributed by atoms with Crippen LogP contribution in [0.1, 0.15) is 40.9 Å². The Morgan fingerprint density at radius 1 is 1.24 bits per heavy atom. The summed E-state index contributed by atoms with van der Waals surface area (Å²) in [7, 11) is 0. The zero-order valence-electron chi connectivity index (χ0n) is 13.9. The van der Waals surface area contributed by atoms with Gasteiger partial charge >= 0.3 is 5.97 Å². The lowest BCUT2D eigenvalue weighted by Gasteiger charge is -2.17. The molecule has 1 amide bonds. The number of aryl methyl sites for hydroxylation is 1. The highest BCUT2D eigenvalue weighted by Gasteiger charge is 2.16. The number of carbonyl (C=O) groups is 2. The van der Waals surface area contributed by atoms with Crippen LogP contribution >= 0.6 is 23.2 Å². The number of ether oxygens (including phenoxy) is 1. The van der Waals surface area contributed by atoms with E-state index in [9.17, 15) is 9.59 Å². The van der Waals surface area contributed by atoms with Gasteiger partial charge in [0.2, 0.25) is 0 Å². The lowest BCUT2D eigenvalue weighted by Crippen LogP contribution is -2.32. The number of hydrogen-bond donors (Lipinski definition) is 1. The normalized spacial score (nSPS) is 11.7. The number of halogens is 2. The fraction of sp³-hybridized carbons (Fsp3) is 0.278. The van der Waals surface area contributed by atoms with Gasteiger partial charge in [-0.2, -0.15) is 0 Å². The predicted molar refractivity (Wildman–Crippen MR) is 96.9 cm³/mol. The maximum atomic E-state index is 12.1. The maximum absolute atomic E-state index is 12.1. The summed E-state index contributed by atoms with van der Waals surface area (Å²) in [6.07, 6.45) is 1.97. The number of aromatic nitrogens is 1. The second-order valence-electron chi connectivity index (χ2n) is 5.51. The van der Waals surface area contributed by atoms with Crippen LogP contribution in [-0.2, 0) is 9.53 Å². The summed E-state index contributed by atoms with van der Waals surface area (Å²) >= 11 is 11.5. The second kappa shape index (κ2) is 8.83. The molecule has 2 rings (SSSR count). The van der Waals surface area contributed by atoms with E-state index in [0.29, 0.717) is 0 Å². The molecule has 25 heavy (non-hydrogen) atoms. The second-order valence-corrected chi connectivity index (χ2v) is 6.28. The molecule has 0 saturated carbocycles. The average Bonchev–Trinajstić information content (AvgIpc) is 2.60. The zero-order valence-corrected chi connectivity index (χ0v) is 15.4. The van der Waals surface area contributed by atoms with Crippen molar-refractivity contribution in [3.63, 3.8) is 0 Å². The molecule has 0 saturated heterocycles. The van der Waals surface area contributed by atoms with Crippen molar-refractivity contribution in [2.45, 2.75) is 26.3 Å². The fourth-order valence-corrected chi connectivity index (χ4v) is 2.47. The molecule has 1 aromatic heterocycles. The summed E-state index contributed by atoms with van der Waals surface area (Å²) in [6.45, 7) is 3.58. The topological polar surface area (TPSA) is 68.3 Å². The monoisotopic (exact) mass is 380 g/mol. The molecule has 7 heteroatoms. The van der Waals surface area contributed by atoms with Crippen LogP contribution in [0.2, 0.25) is 10.2 Å². The number of hydrogen-bond acceptors (Lipinski definition) is 4. The summed E-state index contributed by atoms with van der Waals surface area (Å²) < 4.78 is 4.99. The SMILES string of the molecule is CC[C@@H](NC(=O)COC(=O)c1cnc(Cl)c(Cl)c1)c1ccc(C)cc1. The van der Waals surface area contributed by atoms with Crippen molar-refractivity contribution in [2.24, 2.45) is 0 Å². The predicted octanol–water partition coefficient (Wildman–Crippen LogP) is 4.12. The molecule has 0 aliphatic heterocycles. The van der Waals surface area contributed by atoms with Gasteiger partial charge in [0.25, 0.3) is 5.91 Å². The van der Waals surface area contributed by atoms with Gasteiger partial charge in [-0.3, -0.25) is 4.79 Å². The highest BCUT2D eigenvalue weighted by molar-refractivity contribution is 6.41. The molecule has 5 nitrogen and oxygen atoms in total. The largest absolute Gasteiger partial charge is 0.452 e. The molecule has 2 aromatic rings. The Morgan fingerprint density at radius 2 is 1.92 bits per heavy atom. The quantitative estimate of drug-likeness (QED) is 0.604. The van der Waals surface area contributed by atoms with Crippen LogP contribution in [0.3, 0.4) is 0 Å². The van der Waals surface area contributed by atoms with Gasteiger partial charge in [0, 0.05) is 6.20 Å². The molecule has 1 heterocycles. The van der Waals surface area contributed by atoms with E-state index in [1.54, 1.807) is 0 Å². The first-order chi connectivity index (χ1) is 11.9. The van der Waals surface area contributed by atoms with Gasteiger partial charge in [0.05, 0.1) is 16.6 Å². The molecule has 0 spiro atoms. The Labute approximate surface area is 156 Å². The van der Waals surface area contributed by atoms with Crippen molar-refractivity contribution in [1.82, 2.24) is 10.3 Å². The Hall–Kier alpha value is -2.11. The molecule has 0 bridgehead atoms. The molecule has 1 aromatic carbocycles. The minimum atomic E-state index is -0.690. The third kappa shape index (κ3) is 5.44. The summed E-state index contributed by atoms with van der Waals surface area (Å²) in [5.74, 6) is -1.07. The summed E-state index contributed by atoms with van der Waals surface area (Å²) in [6, 6.07) is 9.12. The Balaban J connectivity index is 1.91. The summed E-state index contributed by atoms with van der Waals surface area (Å²) in [4.78, 5) is 27.8. The lowest BCUT2D eigenvalue weighted by molar-refractivity contribution is -0.125. The van der Waals surface area contributed by atoms with Crippen LogP contribution < -0.4 is 5.32 Å². The van der Waals surface area contributed by atoms with E-state index in [1.807, 2.05) is 38.1 Å². The third-order valence-electron chi connectivity index (χ3n) is 3.59. The van der Waals surface area contributed by atoms with Crippen LogP contribution in [0.15, 0.2) is 36.5 Å². The first-order valence-electron chi connectivity index (χ1n) is 7.74. The molecule has 1 N–H and O–H groups in total. The smallest absolute Gasteiger partial charge is 0.340 e. The molecular weight excluding hydrogens is 363 g/mol. The Morgan fingerprint density at radius 3 is 2.52 bits per heavy atom. The molecular formula is C18H18Cl2N2O3. The summed E-state index contributed by atoms with van der Waals surface area (Å²) in [5.41, 5.74) is 2.28. The minimum absolute atomic E-state index is 0.0971. The molecule has 0 fully saturated rings. The number of nitrogens with one attached hydrogen (secondary N) is 1. The standard InChI is InChI=1S/C18H18Cl2N2O3/c1-3-15(12-6-4-11(2)5-7-12)22-16(23)10-25-18(24)13-8-14(19)17(20)21-9-13/h4-9,15H,3,10H2,1-2H3,(H,22,23)/t15-/m1/s1. The van der Waals surface area contributed by atoms with Gasteiger partial charge in [-0.25, -0.2) is 9.78 Å². The zero-order chi connectivity index (χ0) is 18.4. The van der Waals surface area contributed by atoms with Gasteiger partial charge in [-0.15, -0.1) is 0 Å². The average molecular weight is 381 g/mol. The number of rotatable bonds is 6. The van der Waals surface area contributed by atoms with E-state index < -0.39 is 5.97 Å². The molecule has 132 valence electrons. The van der Waals surface area contributed by atoms with Gasteiger partial charge < -0.3 is 10.1 Å². The number of esters is 1. The van der Waals surface area contributed by atoms with Crippen molar-refractivity contribution >= 4 is 35.1 Å². The number of nitrogens with zero attached hydrogens (tertiary/aromatic N) is 1. The maximum Gasteiger partial charge on any atom is 0.340 e. The first kappa shape index (κ1) is 19.2. The number of pyridine rings is 1. The van der Waals surface area contributed by atoms with E-state index >= 15 is 0 Å². The number of carbonyl (C=O) groups excluding carboxylic acids is 2. The first-order valence-corrected chi connectivity index (χ1v) is 8.50. The Bertz CT molecular complexity index is 763. The fourth-order valence-electron chi connectivity index (χ4n) is 2.20. The van der Waals surface area contributed by atoms with Crippen LogP contribution in [0.4, 0.5) is 0 Å². The van der Waals surface area contributed by atoms with Gasteiger partial charge in [0.15, 0.2) is 6.61 Å². The highest BCUT2D eigenvalue weighted by Crippen LogP contribution is 2.20. The lowest BCUT2D eigenvalue weighted by atomic mass is 10.0. The van der Waals surface area contributed by atoms with Crippen LogP contribution in [0, 0.1) is 6.92 Å². The van der Waals surface area contributed by atoms with Crippen molar-refractivity contribution in [3.05, 3.63) is 63.4 Å². The van der Waals surface area contributed by atoms with E-state index in [4.69, 9.17) is 27.9 Å². The van der Waals surface area contributed by atoms with Crippen LogP contribution in [0.5, 0.6) is 0 Å². The number of amides is 1. The summed E-state index contributed by atoms with van der Waals surface area (Å²) in [5, 5.41) is 3.09. The molecule has 0 radical (unpaired) electrons. The third-order valence-corrected chi connectivity index (χ3v) is 4.28. The van der Waals surface area contributed by atoms with Crippen LogP contribution in [-0.4, -0.2) is 23.5 Å². The molecule has 0 aliphatic carbocycles. The van der Waals surface area contributed by atoms with Crippen LogP contribution in [0.25, 0.3) is 0 Å². The highest BCUT2D eigenvalue weighted by atomic mass is 35.5. The minimum Gasteiger partial charge on any atom is -0.452 e. The van der Waals surface area contributed by atoms with Gasteiger partial charge in [-0.05, 0) is 25.0 Å². The molecule has 0 unspecified atom stereocenters.